The van der Waals surface area contributed by atoms with Crippen molar-refractivity contribution < 1.29 is 4.74 Å². The van der Waals surface area contributed by atoms with Crippen molar-refractivity contribution >= 4 is 11.8 Å². The van der Waals surface area contributed by atoms with E-state index < -0.39 is 0 Å². The zero-order valence-corrected chi connectivity index (χ0v) is 10.9. The molecule has 1 saturated heterocycles. The fraction of sp³-hybridized carbons (Fsp3) is 0.571. The molecule has 1 aromatic rings. The lowest BCUT2D eigenvalue weighted by molar-refractivity contribution is 0.0359. The van der Waals surface area contributed by atoms with Crippen molar-refractivity contribution in [3.63, 3.8) is 0 Å². The maximum atomic E-state index is 6.11. The van der Waals surface area contributed by atoms with Crippen molar-refractivity contribution in [2.75, 3.05) is 0 Å². The molecule has 0 aromatic heterocycles. The zero-order chi connectivity index (χ0) is 11.3. The molecule has 86 valence electrons. The van der Waals surface area contributed by atoms with Crippen LogP contribution >= 0.6 is 11.8 Å². The van der Waals surface area contributed by atoms with Crippen molar-refractivity contribution in [2.45, 2.75) is 49.0 Å². The highest BCUT2D eigenvalue weighted by atomic mass is 32.2. The van der Waals surface area contributed by atoms with Crippen LogP contribution in [0.3, 0.4) is 0 Å². The van der Waals surface area contributed by atoms with Crippen LogP contribution in [0.5, 0.6) is 0 Å². The van der Waals surface area contributed by atoms with Gasteiger partial charge in [-0.15, -0.1) is 11.8 Å². The Bertz CT molecular complexity index is 413. The van der Waals surface area contributed by atoms with Gasteiger partial charge in [-0.25, -0.2) is 0 Å². The van der Waals surface area contributed by atoms with Crippen LogP contribution in [-0.4, -0.2) is 10.9 Å². The third-order valence-electron chi connectivity index (χ3n) is 3.82. The highest BCUT2D eigenvalue weighted by molar-refractivity contribution is 8.00. The highest BCUT2D eigenvalue weighted by Gasteiger charge is 2.47. The molecule has 2 heterocycles. The van der Waals surface area contributed by atoms with Crippen molar-refractivity contribution in [1.82, 2.24) is 0 Å². The summed E-state index contributed by atoms with van der Waals surface area (Å²) < 4.78 is 6.41. The fourth-order valence-electron chi connectivity index (χ4n) is 2.99. The Morgan fingerprint density at radius 2 is 2.06 bits per heavy atom. The molecule has 0 unspecified atom stereocenters. The average Bonchev–Trinajstić information content (AvgIpc) is 2.61. The zero-order valence-electron chi connectivity index (χ0n) is 10.1. The van der Waals surface area contributed by atoms with E-state index in [-0.39, 0.29) is 0 Å². The molecule has 2 aliphatic heterocycles. The number of hydrogen-bond donors (Lipinski definition) is 0. The van der Waals surface area contributed by atoms with Crippen LogP contribution in [0.15, 0.2) is 29.2 Å². The van der Waals surface area contributed by atoms with Crippen LogP contribution in [0.2, 0.25) is 0 Å². The summed E-state index contributed by atoms with van der Waals surface area (Å²) in [6, 6.07) is 8.71. The second-order valence-electron chi connectivity index (χ2n) is 5.45. The van der Waals surface area contributed by atoms with Crippen LogP contribution in [0.1, 0.15) is 38.9 Å². The molecule has 0 radical (unpaired) electrons. The van der Waals surface area contributed by atoms with Gasteiger partial charge in [0.15, 0.2) is 0 Å². The first kappa shape index (κ1) is 10.7. The Kier molecular flexibility index (Phi) is 2.34. The average molecular weight is 234 g/mol. The predicted octanol–water partition coefficient (Wildman–Crippen LogP) is 4.04. The normalized spacial score (nSPS) is 35.6. The van der Waals surface area contributed by atoms with Gasteiger partial charge in [-0.2, -0.15) is 0 Å². The molecule has 0 N–H and O–H groups in total. The molecule has 0 spiro atoms. The second kappa shape index (κ2) is 3.51. The molecule has 0 aliphatic carbocycles. The Morgan fingerprint density at radius 3 is 2.88 bits per heavy atom. The van der Waals surface area contributed by atoms with Gasteiger partial charge in [0, 0.05) is 15.6 Å². The summed E-state index contributed by atoms with van der Waals surface area (Å²) in [5.74, 6) is 0.655. The molecule has 3 atom stereocenters. The van der Waals surface area contributed by atoms with E-state index in [1.54, 1.807) is 0 Å². The number of rotatable bonds is 0. The summed E-state index contributed by atoms with van der Waals surface area (Å²) in [5.41, 5.74) is 1.40. The summed E-state index contributed by atoms with van der Waals surface area (Å²) in [6.07, 6.45) is 1.92. The number of fused-ring (bicyclic) bond motifs is 3. The molecule has 1 fully saturated rings. The topological polar surface area (TPSA) is 9.23 Å². The van der Waals surface area contributed by atoms with E-state index in [1.807, 2.05) is 11.8 Å². The lowest BCUT2D eigenvalue weighted by atomic mass is 9.84. The smallest absolute Gasteiger partial charge is 0.0881 e. The van der Waals surface area contributed by atoms with E-state index in [0.717, 1.165) is 0 Å². The molecule has 3 rings (SSSR count). The number of benzene rings is 1. The molecular formula is C14H18OS. The minimum absolute atomic E-state index is 0.295. The summed E-state index contributed by atoms with van der Waals surface area (Å²) in [4.78, 5) is 1.41. The Hall–Kier alpha value is -0.470. The van der Waals surface area contributed by atoms with Crippen LogP contribution in [0, 0.1) is 5.92 Å². The Balaban J connectivity index is 2.09. The van der Waals surface area contributed by atoms with Gasteiger partial charge in [-0.05, 0) is 38.8 Å². The van der Waals surface area contributed by atoms with Gasteiger partial charge in [0.05, 0.1) is 12.2 Å². The standard InChI is InChI=1S/C14H18OS/c1-9-8-11-13(15-9)10-6-4-5-7-12(10)16-14(11,2)3/h4-7,9,11,13H,8H2,1-3H3/t9-,11-,13+/m1/s1. The van der Waals surface area contributed by atoms with Crippen LogP contribution in [-0.2, 0) is 4.74 Å². The maximum Gasteiger partial charge on any atom is 0.0881 e. The van der Waals surface area contributed by atoms with Gasteiger partial charge in [0.25, 0.3) is 0 Å². The lowest BCUT2D eigenvalue weighted by Crippen LogP contribution is -2.33. The Labute approximate surface area is 102 Å². The molecule has 1 aromatic carbocycles. The molecule has 0 bridgehead atoms. The van der Waals surface area contributed by atoms with Crippen LogP contribution in [0.4, 0.5) is 0 Å². The molecular weight excluding hydrogens is 216 g/mol. The first-order valence-electron chi connectivity index (χ1n) is 6.01. The third-order valence-corrected chi connectivity index (χ3v) is 5.24. The summed E-state index contributed by atoms with van der Waals surface area (Å²) in [5, 5.41) is 0. The summed E-state index contributed by atoms with van der Waals surface area (Å²) in [7, 11) is 0. The third kappa shape index (κ3) is 1.51. The maximum absolute atomic E-state index is 6.11. The van der Waals surface area contributed by atoms with Gasteiger partial charge in [0.1, 0.15) is 0 Å². The Morgan fingerprint density at radius 1 is 1.31 bits per heavy atom. The molecule has 0 saturated carbocycles. The first-order valence-corrected chi connectivity index (χ1v) is 6.83. The quantitative estimate of drug-likeness (QED) is 0.670. The highest BCUT2D eigenvalue weighted by Crippen LogP contribution is 2.56. The monoisotopic (exact) mass is 234 g/mol. The van der Waals surface area contributed by atoms with E-state index in [2.05, 4.69) is 45.0 Å². The van der Waals surface area contributed by atoms with E-state index in [4.69, 9.17) is 4.74 Å². The van der Waals surface area contributed by atoms with E-state index in [9.17, 15) is 0 Å². The molecule has 0 amide bonds. The number of thioether (sulfide) groups is 1. The van der Waals surface area contributed by atoms with Gasteiger partial charge >= 0.3 is 0 Å². The molecule has 16 heavy (non-hydrogen) atoms. The van der Waals surface area contributed by atoms with Gasteiger partial charge in [-0.1, -0.05) is 18.2 Å². The minimum atomic E-state index is 0.295. The van der Waals surface area contributed by atoms with Crippen molar-refractivity contribution in [1.29, 1.82) is 0 Å². The van der Waals surface area contributed by atoms with Crippen LogP contribution < -0.4 is 0 Å². The van der Waals surface area contributed by atoms with E-state index in [1.165, 1.54) is 16.9 Å². The molecule has 1 nitrogen and oxygen atoms in total. The SMILES string of the molecule is C[C@@H]1C[C@@H]2[C@@H](O1)c1ccccc1SC2(C)C. The molecule has 2 heteroatoms. The fourth-order valence-corrected chi connectivity index (χ4v) is 4.37. The lowest BCUT2D eigenvalue weighted by Gasteiger charge is -2.39. The summed E-state index contributed by atoms with van der Waals surface area (Å²) >= 11 is 2.01. The number of ether oxygens (including phenoxy) is 1. The second-order valence-corrected chi connectivity index (χ2v) is 7.15. The predicted molar refractivity (Wildman–Crippen MR) is 67.8 cm³/mol. The van der Waals surface area contributed by atoms with Crippen molar-refractivity contribution in [3.8, 4) is 0 Å². The largest absolute Gasteiger partial charge is 0.370 e. The van der Waals surface area contributed by atoms with Crippen LogP contribution in [0.25, 0.3) is 0 Å². The van der Waals surface area contributed by atoms with E-state index in [0.29, 0.717) is 22.9 Å². The first-order chi connectivity index (χ1) is 7.58. The molecule has 2 aliphatic rings. The van der Waals surface area contributed by atoms with Gasteiger partial charge < -0.3 is 4.74 Å². The minimum Gasteiger partial charge on any atom is -0.370 e. The summed E-state index contributed by atoms with van der Waals surface area (Å²) in [6.45, 7) is 6.90. The van der Waals surface area contributed by atoms with Crippen molar-refractivity contribution in [3.05, 3.63) is 29.8 Å². The van der Waals surface area contributed by atoms with Gasteiger partial charge in [0.2, 0.25) is 0 Å². The number of hydrogen-bond acceptors (Lipinski definition) is 2. The van der Waals surface area contributed by atoms with E-state index >= 15 is 0 Å². The van der Waals surface area contributed by atoms with Crippen molar-refractivity contribution in [2.24, 2.45) is 5.92 Å². The van der Waals surface area contributed by atoms with Gasteiger partial charge in [-0.3, -0.25) is 0 Å².